The molecule has 1 aliphatic heterocycles. The topological polar surface area (TPSA) is 71.3 Å². The number of ether oxygens (including phenoxy) is 2. The van der Waals surface area contributed by atoms with Crippen LogP contribution in [0.3, 0.4) is 0 Å². The van der Waals surface area contributed by atoms with E-state index >= 15 is 0 Å². The highest BCUT2D eigenvalue weighted by atomic mass is 16.6. The van der Waals surface area contributed by atoms with Crippen molar-refractivity contribution in [1.82, 2.24) is 14.7 Å². The average Bonchev–Trinajstić information content (AvgIpc) is 3.47. The zero-order valence-corrected chi connectivity index (χ0v) is 21.5. The van der Waals surface area contributed by atoms with E-state index in [1.54, 1.807) is 0 Å². The molecule has 2 aliphatic rings. The van der Waals surface area contributed by atoms with Gasteiger partial charge in [0.2, 0.25) is 0 Å². The van der Waals surface area contributed by atoms with Gasteiger partial charge in [0, 0.05) is 39.3 Å². The van der Waals surface area contributed by atoms with E-state index in [1.165, 1.54) is 5.57 Å². The van der Waals surface area contributed by atoms with Gasteiger partial charge >= 0.3 is 5.97 Å². The van der Waals surface area contributed by atoms with Crippen molar-refractivity contribution in [2.75, 3.05) is 65.4 Å². The van der Waals surface area contributed by atoms with Crippen molar-refractivity contribution in [3.05, 3.63) is 11.3 Å². The molecule has 0 spiro atoms. The van der Waals surface area contributed by atoms with Gasteiger partial charge in [0.05, 0.1) is 13.1 Å². The van der Waals surface area contributed by atoms with Crippen LogP contribution in [0.25, 0.3) is 0 Å². The SMILES string of the molecule is CC(C)(C)OC(=O)CN1CCN(CCCCN)CCN(CC(OC(C)(C)C)=C2CC2)CC1. The molecule has 0 aromatic heterocycles. The van der Waals surface area contributed by atoms with Gasteiger partial charge in [-0.05, 0) is 85.9 Å². The van der Waals surface area contributed by atoms with Gasteiger partial charge in [0.25, 0.3) is 0 Å². The highest BCUT2D eigenvalue weighted by Crippen LogP contribution is 2.34. The summed E-state index contributed by atoms with van der Waals surface area (Å²) < 4.78 is 11.9. The van der Waals surface area contributed by atoms with Crippen molar-refractivity contribution < 1.29 is 14.3 Å². The van der Waals surface area contributed by atoms with E-state index in [9.17, 15) is 4.79 Å². The zero-order chi connectivity index (χ0) is 23.8. The number of esters is 1. The molecule has 0 aromatic rings. The van der Waals surface area contributed by atoms with Gasteiger partial charge in [-0.15, -0.1) is 0 Å². The Hall–Kier alpha value is -1.15. The fourth-order valence-corrected chi connectivity index (χ4v) is 3.89. The van der Waals surface area contributed by atoms with E-state index in [4.69, 9.17) is 15.2 Å². The Labute approximate surface area is 196 Å². The van der Waals surface area contributed by atoms with E-state index in [0.29, 0.717) is 6.54 Å². The van der Waals surface area contributed by atoms with Crippen LogP contribution in [-0.2, 0) is 14.3 Å². The molecule has 7 heteroatoms. The van der Waals surface area contributed by atoms with Crippen LogP contribution in [0, 0.1) is 0 Å². The maximum atomic E-state index is 12.5. The van der Waals surface area contributed by atoms with Crippen LogP contribution in [0.5, 0.6) is 0 Å². The Bertz CT molecular complexity index is 616. The number of nitrogens with two attached hydrogens (primary N) is 1. The molecule has 1 saturated heterocycles. The number of hydrogen-bond acceptors (Lipinski definition) is 7. The lowest BCUT2D eigenvalue weighted by Crippen LogP contribution is -2.41. The fraction of sp³-hybridized carbons (Fsp3) is 0.880. The van der Waals surface area contributed by atoms with Gasteiger partial charge in [-0.2, -0.15) is 0 Å². The number of allylic oxidation sites excluding steroid dienone is 1. The molecule has 2 N–H and O–H groups in total. The summed E-state index contributed by atoms with van der Waals surface area (Å²) in [6.07, 6.45) is 4.49. The Kier molecular flexibility index (Phi) is 10.5. The van der Waals surface area contributed by atoms with Crippen LogP contribution in [0.1, 0.15) is 67.2 Å². The molecule has 0 bridgehead atoms. The predicted molar refractivity (Wildman–Crippen MR) is 131 cm³/mol. The van der Waals surface area contributed by atoms with Gasteiger partial charge in [-0.25, -0.2) is 0 Å². The molecule has 0 atom stereocenters. The van der Waals surface area contributed by atoms with Crippen LogP contribution < -0.4 is 5.73 Å². The van der Waals surface area contributed by atoms with Crippen molar-refractivity contribution >= 4 is 5.97 Å². The van der Waals surface area contributed by atoms with Crippen LogP contribution in [0.2, 0.25) is 0 Å². The monoisotopic (exact) mass is 452 g/mol. The predicted octanol–water partition coefficient (Wildman–Crippen LogP) is 2.85. The third-order valence-electron chi connectivity index (χ3n) is 5.59. The van der Waals surface area contributed by atoms with Crippen molar-refractivity contribution in [1.29, 1.82) is 0 Å². The lowest BCUT2D eigenvalue weighted by Gasteiger charge is -2.30. The summed E-state index contributed by atoms with van der Waals surface area (Å²) in [6.45, 7) is 20.8. The molecule has 0 amide bonds. The molecule has 1 aliphatic carbocycles. The van der Waals surface area contributed by atoms with Gasteiger partial charge in [-0.3, -0.25) is 14.6 Å². The van der Waals surface area contributed by atoms with Crippen LogP contribution >= 0.6 is 0 Å². The summed E-state index contributed by atoms with van der Waals surface area (Å²) in [5.74, 6) is 1.01. The normalized spacial score (nSPS) is 19.8. The number of carbonyl (C=O) groups excluding carboxylic acids is 1. The summed E-state index contributed by atoms with van der Waals surface area (Å²) in [6, 6.07) is 0. The molecule has 32 heavy (non-hydrogen) atoms. The molecular weight excluding hydrogens is 404 g/mol. The van der Waals surface area contributed by atoms with Gasteiger partial charge < -0.3 is 20.1 Å². The minimum Gasteiger partial charge on any atom is -0.491 e. The molecule has 186 valence electrons. The average molecular weight is 453 g/mol. The highest BCUT2D eigenvalue weighted by molar-refractivity contribution is 5.72. The second kappa shape index (κ2) is 12.4. The van der Waals surface area contributed by atoms with Crippen LogP contribution in [-0.4, -0.2) is 97.3 Å². The first-order valence-electron chi connectivity index (χ1n) is 12.4. The Morgan fingerprint density at radius 2 is 1.28 bits per heavy atom. The number of carbonyl (C=O) groups is 1. The van der Waals surface area contributed by atoms with Crippen molar-refractivity contribution in [2.24, 2.45) is 5.73 Å². The maximum absolute atomic E-state index is 12.5. The molecule has 2 fully saturated rings. The number of unbranched alkanes of at least 4 members (excludes halogenated alkanes) is 1. The standard InChI is InChI=1S/C25H48N4O3/c1-24(2,3)31-22(21-9-10-21)19-28-15-13-27(12-8-7-11-26)14-16-29(18-17-28)20-23(30)32-25(4,5)6/h7-20,26H2,1-6H3. The summed E-state index contributed by atoms with van der Waals surface area (Å²) >= 11 is 0. The molecule has 0 aromatic carbocycles. The quantitative estimate of drug-likeness (QED) is 0.328. The van der Waals surface area contributed by atoms with E-state index in [2.05, 4.69) is 35.5 Å². The highest BCUT2D eigenvalue weighted by Gasteiger charge is 2.27. The maximum Gasteiger partial charge on any atom is 0.320 e. The van der Waals surface area contributed by atoms with Crippen molar-refractivity contribution in [2.45, 2.75) is 78.4 Å². The summed E-state index contributed by atoms with van der Waals surface area (Å²) in [5, 5.41) is 0. The van der Waals surface area contributed by atoms with E-state index in [-0.39, 0.29) is 11.6 Å². The second-order valence-electron chi connectivity index (χ2n) is 11.2. The van der Waals surface area contributed by atoms with Crippen LogP contribution in [0.15, 0.2) is 11.3 Å². The number of rotatable bonds is 9. The lowest BCUT2D eigenvalue weighted by atomic mass is 10.2. The van der Waals surface area contributed by atoms with E-state index in [1.807, 2.05) is 20.8 Å². The van der Waals surface area contributed by atoms with Gasteiger partial charge in [0.1, 0.15) is 17.0 Å². The largest absolute Gasteiger partial charge is 0.491 e. The van der Waals surface area contributed by atoms with Gasteiger partial charge in [0.15, 0.2) is 0 Å². The first kappa shape index (κ1) is 27.1. The third kappa shape index (κ3) is 11.6. The minimum atomic E-state index is -0.452. The summed E-state index contributed by atoms with van der Waals surface area (Å²) in [5.41, 5.74) is 6.54. The number of hydrogen-bond donors (Lipinski definition) is 1. The molecule has 7 nitrogen and oxygen atoms in total. The number of nitrogens with zero attached hydrogens (tertiary/aromatic N) is 3. The molecular formula is C25H48N4O3. The van der Waals surface area contributed by atoms with Gasteiger partial charge in [-0.1, -0.05) is 0 Å². The zero-order valence-electron chi connectivity index (χ0n) is 21.5. The third-order valence-corrected chi connectivity index (χ3v) is 5.59. The lowest BCUT2D eigenvalue weighted by molar-refractivity contribution is -0.156. The molecule has 1 heterocycles. The minimum absolute atomic E-state index is 0.144. The Morgan fingerprint density at radius 1 is 0.781 bits per heavy atom. The molecule has 0 radical (unpaired) electrons. The van der Waals surface area contributed by atoms with Crippen molar-refractivity contribution in [3.63, 3.8) is 0 Å². The summed E-state index contributed by atoms with van der Waals surface area (Å²) in [7, 11) is 0. The molecule has 2 rings (SSSR count). The second-order valence-corrected chi connectivity index (χ2v) is 11.2. The first-order chi connectivity index (χ1) is 14.9. The molecule has 0 unspecified atom stereocenters. The molecule has 1 saturated carbocycles. The fourth-order valence-electron chi connectivity index (χ4n) is 3.89. The van der Waals surface area contributed by atoms with E-state index in [0.717, 1.165) is 90.3 Å². The summed E-state index contributed by atoms with van der Waals surface area (Å²) in [4.78, 5) is 19.7. The van der Waals surface area contributed by atoms with E-state index < -0.39 is 5.60 Å². The Balaban J connectivity index is 2.04. The Morgan fingerprint density at radius 3 is 1.75 bits per heavy atom. The van der Waals surface area contributed by atoms with Crippen LogP contribution in [0.4, 0.5) is 0 Å². The smallest absolute Gasteiger partial charge is 0.320 e. The first-order valence-corrected chi connectivity index (χ1v) is 12.4. The van der Waals surface area contributed by atoms with Crippen molar-refractivity contribution in [3.8, 4) is 0 Å².